The minimum absolute atomic E-state index is 0.0673. The van der Waals surface area contributed by atoms with Crippen LogP contribution in [0.5, 0.6) is 11.5 Å². The predicted octanol–water partition coefficient (Wildman–Crippen LogP) is 5.49. The van der Waals surface area contributed by atoms with Gasteiger partial charge in [0.05, 0.1) is 29.1 Å². The van der Waals surface area contributed by atoms with E-state index in [1.807, 2.05) is 30.3 Å². The summed E-state index contributed by atoms with van der Waals surface area (Å²) < 4.78 is 10.7. The third-order valence-corrected chi connectivity index (χ3v) is 4.71. The van der Waals surface area contributed by atoms with E-state index in [4.69, 9.17) is 32.7 Å². The van der Waals surface area contributed by atoms with Crippen molar-refractivity contribution in [1.29, 1.82) is 0 Å². The van der Waals surface area contributed by atoms with Crippen LogP contribution in [-0.4, -0.2) is 14.2 Å². The first-order chi connectivity index (χ1) is 9.56. The maximum Gasteiger partial charge on any atom is 0.123 e. The van der Waals surface area contributed by atoms with Gasteiger partial charge in [-0.2, -0.15) is 0 Å². The number of rotatable bonds is 4. The summed E-state index contributed by atoms with van der Waals surface area (Å²) in [6, 6.07) is 11.2. The highest BCUT2D eigenvalue weighted by Crippen LogP contribution is 2.40. The van der Waals surface area contributed by atoms with Crippen molar-refractivity contribution in [1.82, 2.24) is 0 Å². The van der Waals surface area contributed by atoms with Crippen LogP contribution in [-0.2, 0) is 0 Å². The van der Waals surface area contributed by atoms with E-state index in [2.05, 4.69) is 15.9 Å². The van der Waals surface area contributed by atoms with Crippen LogP contribution in [0.1, 0.15) is 16.0 Å². The van der Waals surface area contributed by atoms with E-state index >= 15 is 0 Å². The Hall–Kier alpha value is -0.900. The number of hydrogen-bond donors (Lipinski definition) is 0. The van der Waals surface area contributed by atoms with Crippen LogP contribution < -0.4 is 9.47 Å². The predicted molar refractivity (Wildman–Crippen MR) is 86.8 cm³/mol. The first-order valence-corrected chi connectivity index (χ1v) is 7.55. The molecule has 0 saturated heterocycles. The number of halogens is 3. The molecule has 5 heteroatoms. The normalized spacial score (nSPS) is 12.1. The molecule has 0 heterocycles. The molecule has 0 aliphatic heterocycles. The summed E-state index contributed by atoms with van der Waals surface area (Å²) in [4.78, 5) is -0.0673. The lowest BCUT2D eigenvalue weighted by molar-refractivity contribution is 0.399. The summed E-state index contributed by atoms with van der Waals surface area (Å²) in [5.74, 6) is 1.55. The summed E-state index contributed by atoms with van der Waals surface area (Å²) in [6.07, 6.45) is 0. The monoisotopic (exact) mass is 374 g/mol. The highest BCUT2D eigenvalue weighted by atomic mass is 79.9. The SMILES string of the molecule is COc1ccc(OC)c(C(Br)c2ccc(Cl)c(Cl)c2)c1. The van der Waals surface area contributed by atoms with Crippen molar-refractivity contribution in [3.63, 3.8) is 0 Å². The molecule has 0 spiro atoms. The highest BCUT2D eigenvalue weighted by Gasteiger charge is 2.17. The molecule has 0 N–H and O–H groups in total. The van der Waals surface area contributed by atoms with Crippen molar-refractivity contribution in [3.05, 3.63) is 57.6 Å². The summed E-state index contributed by atoms with van der Waals surface area (Å²) in [5, 5.41) is 1.06. The molecule has 2 aromatic rings. The molecular formula is C15H13BrCl2O2. The molecular weight excluding hydrogens is 363 g/mol. The molecule has 0 aliphatic carbocycles. The van der Waals surface area contributed by atoms with Gasteiger partial charge in [0.15, 0.2) is 0 Å². The molecule has 0 bridgehead atoms. The van der Waals surface area contributed by atoms with Crippen LogP contribution in [0.2, 0.25) is 10.0 Å². The van der Waals surface area contributed by atoms with Gasteiger partial charge in [-0.05, 0) is 35.9 Å². The first-order valence-electron chi connectivity index (χ1n) is 5.87. The van der Waals surface area contributed by atoms with Gasteiger partial charge in [0.25, 0.3) is 0 Å². The van der Waals surface area contributed by atoms with E-state index in [-0.39, 0.29) is 4.83 Å². The van der Waals surface area contributed by atoms with Crippen molar-refractivity contribution in [2.45, 2.75) is 4.83 Å². The number of methoxy groups -OCH3 is 2. The first kappa shape index (κ1) is 15.5. The van der Waals surface area contributed by atoms with Crippen LogP contribution >= 0.6 is 39.1 Å². The van der Waals surface area contributed by atoms with Gasteiger partial charge in [0.2, 0.25) is 0 Å². The summed E-state index contributed by atoms with van der Waals surface area (Å²) >= 11 is 15.7. The smallest absolute Gasteiger partial charge is 0.123 e. The lowest BCUT2D eigenvalue weighted by Crippen LogP contribution is -1.98. The molecule has 0 amide bonds. The largest absolute Gasteiger partial charge is 0.497 e. The van der Waals surface area contributed by atoms with Gasteiger partial charge in [-0.15, -0.1) is 0 Å². The van der Waals surface area contributed by atoms with Crippen molar-refractivity contribution in [2.24, 2.45) is 0 Å². The topological polar surface area (TPSA) is 18.5 Å². The van der Waals surface area contributed by atoms with E-state index in [1.165, 1.54) is 0 Å². The minimum atomic E-state index is -0.0673. The maximum atomic E-state index is 6.07. The molecule has 2 aromatic carbocycles. The molecule has 0 aliphatic rings. The second-order valence-corrected chi connectivity index (χ2v) is 5.87. The van der Waals surface area contributed by atoms with Gasteiger partial charge in [0, 0.05) is 5.56 Å². The maximum absolute atomic E-state index is 6.07. The quantitative estimate of drug-likeness (QED) is 0.657. The molecule has 1 unspecified atom stereocenters. The summed E-state index contributed by atoms with van der Waals surface area (Å²) in [5.41, 5.74) is 1.95. The Morgan fingerprint density at radius 2 is 1.70 bits per heavy atom. The number of benzene rings is 2. The molecule has 1 atom stereocenters. The average molecular weight is 376 g/mol. The van der Waals surface area contributed by atoms with Crippen molar-refractivity contribution < 1.29 is 9.47 Å². The third kappa shape index (κ3) is 3.22. The highest BCUT2D eigenvalue weighted by molar-refractivity contribution is 9.09. The van der Waals surface area contributed by atoms with Crippen LogP contribution in [0.3, 0.4) is 0 Å². The fourth-order valence-corrected chi connectivity index (χ4v) is 2.84. The fourth-order valence-electron chi connectivity index (χ4n) is 1.89. The molecule has 2 nitrogen and oxygen atoms in total. The van der Waals surface area contributed by atoms with Crippen molar-refractivity contribution in [3.8, 4) is 11.5 Å². The van der Waals surface area contributed by atoms with Crippen LogP contribution in [0.15, 0.2) is 36.4 Å². The molecule has 2 rings (SSSR count). The van der Waals surface area contributed by atoms with Crippen LogP contribution in [0.4, 0.5) is 0 Å². The second-order valence-electron chi connectivity index (χ2n) is 4.14. The van der Waals surface area contributed by atoms with Crippen LogP contribution in [0, 0.1) is 0 Å². The zero-order valence-corrected chi connectivity index (χ0v) is 14.1. The summed E-state index contributed by atoms with van der Waals surface area (Å²) in [6.45, 7) is 0. The Morgan fingerprint density at radius 3 is 2.30 bits per heavy atom. The average Bonchev–Trinajstić information content (AvgIpc) is 2.48. The molecule has 0 radical (unpaired) electrons. The van der Waals surface area contributed by atoms with E-state index < -0.39 is 0 Å². The van der Waals surface area contributed by atoms with Gasteiger partial charge in [-0.25, -0.2) is 0 Å². The standard InChI is InChI=1S/C15H13BrCl2O2/c1-19-10-4-6-14(20-2)11(8-10)15(16)9-3-5-12(17)13(18)7-9/h3-8,15H,1-2H3. The Bertz CT molecular complexity index is 617. The van der Waals surface area contributed by atoms with E-state index in [0.717, 1.165) is 22.6 Å². The van der Waals surface area contributed by atoms with E-state index in [0.29, 0.717) is 10.0 Å². The van der Waals surface area contributed by atoms with Crippen molar-refractivity contribution in [2.75, 3.05) is 14.2 Å². The molecule has 20 heavy (non-hydrogen) atoms. The molecule has 0 aromatic heterocycles. The van der Waals surface area contributed by atoms with Gasteiger partial charge >= 0.3 is 0 Å². The van der Waals surface area contributed by atoms with Gasteiger partial charge in [0.1, 0.15) is 11.5 Å². The fraction of sp³-hybridized carbons (Fsp3) is 0.200. The number of ether oxygens (including phenoxy) is 2. The lowest BCUT2D eigenvalue weighted by Gasteiger charge is -2.16. The molecule has 106 valence electrons. The number of hydrogen-bond acceptors (Lipinski definition) is 2. The Balaban J connectivity index is 2.45. The Morgan fingerprint density at radius 1 is 0.950 bits per heavy atom. The lowest BCUT2D eigenvalue weighted by atomic mass is 10.0. The van der Waals surface area contributed by atoms with Gasteiger partial charge in [-0.3, -0.25) is 0 Å². The van der Waals surface area contributed by atoms with Gasteiger partial charge in [-0.1, -0.05) is 45.2 Å². The molecule has 0 saturated carbocycles. The third-order valence-electron chi connectivity index (χ3n) is 2.95. The second kappa shape index (κ2) is 6.70. The van der Waals surface area contributed by atoms with Gasteiger partial charge < -0.3 is 9.47 Å². The Labute approximate surface area is 136 Å². The Kier molecular flexibility index (Phi) is 5.19. The zero-order chi connectivity index (χ0) is 14.7. The summed E-state index contributed by atoms with van der Waals surface area (Å²) in [7, 11) is 3.27. The van der Waals surface area contributed by atoms with E-state index in [9.17, 15) is 0 Å². The van der Waals surface area contributed by atoms with Crippen LogP contribution in [0.25, 0.3) is 0 Å². The van der Waals surface area contributed by atoms with Crippen molar-refractivity contribution >= 4 is 39.1 Å². The number of alkyl halides is 1. The molecule has 0 fully saturated rings. The zero-order valence-electron chi connectivity index (χ0n) is 11.0. The van der Waals surface area contributed by atoms with E-state index in [1.54, 1.807) is 20.3 Å². The minimum Gasteiger partial charge on any atom is -0.497 e.